The minimum atomic E-state index is -0.0331. The van der Waals surface area contributed by atoms with E-state index in [4.69, 9.17) is 4.74 Å². The van der Waals surface area contributed by atoms with E-state index in [1.54, 1.807) is 0 Å². The fourth-order valence-electron chi connectivity index (χ4n) is 2.22. The molecule has 0 saturated carbocycles. The minimum absolute atomic E-state index is 0.0331. The monoisotopic (exact) mass is 251 g/mol. The Morgan fingerprint density at radius 3 is 2.89 bits per heavy atom. The van der Waals surface area contributed by atoms with E-state index in [1.165, 1.54) is 0 Å². The number of fused-ring (bicyclic) bond motifs is 1. The van der Waals surface area contributed by atoms with Gasteiger partial charge < -0.3 is 14.6 Å². The molecule has 5 nitrogen and oxygen atoms in total. The van der Waals surface area contributed by atoms with Crippen LogP contribution < -0.4 is 5.56 Å². The number of nitrogens with one attached hydrogen (secondary N) is 1. The van der Waals surface area contributed by atoms with E-state index < -0.39 is 0 Å². The lowest BCUT2D eigenvalue weighted by molar-refractivity contribution is 0.107. The van der Waals surface area contributed by atoms with Gasteiger partial charge in [0.25, 0.3) is 5.56 Å². The highest BCUT2D eigenvalue weighted by Crippen LogP contribution is 2.10. The molecule has 0 radical (unpaired) electrons. The summed E-state index contributed by atoms with van der Waals surface area (Å²) in [6.07, 6.45) is 1.54. The molecular formula is C13H21N3O2. The molecule has 0 spiro atoms. The van der Waals surface area contributed by atoms with Crippen molar-refractivity contribution < 1.29 is 4.74 Å². The Morgan fingerprint density at radius 2 is 2.17 bits per heavy atom. The quantitative estimate of drug-likeness (QED) is 0.838. The molecule has 100 valence electrons. The molecule has 1 aliphatic heterocycles. The normalized spacial score (nSPS) is 14.8. The van der Waals surface area contributed by atoms with Crippen molar-refractivity contribution >= 4 is 0 Å². The number of aromatic nitrogens is 2. The zero-order valence-corrected chi connectivity index (χ0v) is 11.2. The Morgan fingerprint density at radius 1 is 1.39 bits per heavy atom. The molecule has 1 aromatic heterocycles. The first kappa shape index (κ1) is 13.2. The van der Waals surface area contributed by atoms with Crippen LogP contribution >= 0.6 is 0 Å². The number of ether oxygens (including phenoxy) is 1. The van der Waals surface area contributed by atoms with Gasteiger partial charge in [-0.3, -0.25) is 4.79 Å². The fraction of sp³-hybridized carbons (Fsp3) is 0.692. The molecule has 2 rings (SSSR count). The molecule has 2 heterocycles. The molecule has 0 aliphatic carbocycles. The Labute approximate surface area is 107 Å². The Balaban J connectivity index is 2.10. The Bertz CT molecular complexity index is 452. The average molecular weight is 251 g/mol. The van der Waals surface area contributed by atoms with Crippen molar-refractivity contribution in [3.05, 3.63) is 27.4 Å². The lowest BCUT2D eigenvalue weighted by atomic mass is 10.1. The zero-order chi connectivity index (χ0) is 13.0. The molecule has 5 heteroatoms. The summed E-state index contributed by atoms with van der Waals surface area (Å²) in [5.74, 6) is 0.799. The van der Waals surface area contributed by atoms with E-state index in [0.29, 0.717) is 18.8 Å². The third-order valence-electron chi connectivity index (χ3n) is 3.44. The topological polar surface area (TPSA) is 58.2 Å². The molecular weight excluding hydrogens is 230 g/mol. The van der Waals surface area contributed by atoms with Crippen molar-refractivity contribution in [1.82, 2.24) is 14.9 Å². The molecule has 0 aromatic carbocycles. The second kappa shape index (κ2) is 6.11. The fourth-order valence-corrected chi connectivity index (χ4v) is 2.22. The predicted molar refractivity (Wildman–Crippen MR) is 69.7 cm³/mol. The van der Waals surface area contributed by atoms with Gasteiger partial charge in [-0.15, -0.1) is 0 Å². The summed E-state index contributed by atoms with van der Waals surface area (Å²) in [5.41, 5.74) is 1.58. The zero-order valence-electron chi connectivity index (χ0n) is 11.2. The molecule has 0 unspecified atom stereocenters. The summed E-state index contributed by atoms with van der Waals surface area (Å²) in [6.45, 7) is 8.34. The molecule has 18 heavy (non-hydrogen) atoms. The molecule has 0 saturated heterocycles. The van der Waals surface area contributed by atoms with E-state index in [-0.39, 0.29) is 5.56 Å². The van der Waals surface area contributed by atoms with E-state index in [9.17, 15) is 4.79 Å². The van der Waals surface area contributed by atoms with Crippen LogP contribution in [0.2, 0.25) is 0 Å². The van der Waals surface area contributed by atoms with E-state index >= 15 is 0 Å². The van der Waals surface area contributed by atoms with Gasteiger partial charge in [0.2, 0.25) is 0 Å². The van der Waals surface area contributed by atoms with Gasteiger partial charge in [-0.2, -0.15) is 0 Å². The van der Waals surface area contributed by atoms with Crippen LogP contribution in [-0.4, -0.2) is 41.1 Å². The summed E-state index contributed by atoms with van der Waals surface area (Å²) in [7, 11) is 0. The summed E-state index contributed by atoms with van der Waals surface area (Å²) >= 11 is 0. The molecule has 0 bridgehead atoms. The van der Waals surface area contributed by atoms with Crippen LogP contribution in [0.3, 0.4) is 0 Å². The summed E-state index contributed by atoms with van der Waals surface area (Å²) in [4.78, 5) is 21.6. The van der Waals surface area contributed by atoms with Crippen LogP contribution in [0.1, 0.15) is 30.9 Å². The van der Waals surface area contributed by atoms with Crippen molar-refractivity contribution in [1.29, 1.82) is 0 Å². The lowest BCUT2D eigenvalue weighted by Gasteiger charge is -2.18. The molecule has 1 N–H and O–H groups in total. The number of hydrogen-bond donors (Lipinski definition) is 1. The minimum Gasteiger partial charge on any atom is -0.376 e. The smallest absolute Gasteiger partial charge is 0.256 e. The van der Waals surface area contributed by atoms with Crippen LogP contribution in [0.15, 0.2) is 4.79 Å². The van der Waals surface area contributed by atoms with Crippen LogP contribution in [0.4, 0.5) is 0 Å². The van der Waals surface area contributed by atoms with Crippen LogP contribution in [0, 0.1) is 0 Å². The van der Waals surface area contributed by atoms with Crippen molar-refractivity contribution in [3.63, 3.8) is 0 Å². The number of hydrogen-bond acceptors (Lipinski definition) is 4. The van der Waals surface area contributed by atoms with Crippen LogP contribution in [0.5, 0.6) is 0 Å². The highest BCUT2D eigenvalue weighted by Gasteiger charge is 2.15. The molecule has 1 aliphatic rings. The standard InChI is InChI=1S/C13H21N3O2/c1-3-16(4-2)7-5-12-14-11-6-8-18-9-10(11)13(17)15-12/h3-9H2,1-2H3,(H,14,15,17). The second-order valence-electron chi connectivity index (χ2n) is 4.52. The highest BCUT2D eigenvalue weighted by molar-refractivity contribution is 5.19. The maximum atomic E-state index is 11.9. The van der Waals surface area contributed by atoms with E-state index in [2.05, 4.69) is 28.7 Å². The largest absolute Gasteiger partial charge is 0.376 e. The summed E-state index contributed by atoms with van der Waals surface area (Å²) in [6, 6.07) is 0. The maximum Gasteiger partial charge on any atom is 0.256 e. The molecule has 0 fully saturated rings. The van der Waals surface area contributed by atoms with Gasteiger partial charge >= 0.3 is 0 Å². The number of likely N-dealkylation sites (N-methyl/N-ethyl adjacent to an activating group) is 1. The van der Waals surface area contributed by atoms with Crippen LogP contribution in [0.25, 0.3) is 0 Å². The lowest BCUT2D eigenvalue weighted by Crippen LogP contribution is -2.29. The van der Waals surface area contributed by atoms with Crippen molar-refractivity contribution in [2.75, 3.05) is 26.2 Å². The molecule has 0 atom stereocenters. The second-order valence-corrected chi connectivity index (χ2v) is 4.52. The number of H-pyrrole nitrogens is 1. The van der Waals surface area contributed by atoms with Gasteiger partial charge in [-0.1, -0.05) is 13.8 Å². The van der Waals surface area contributed by atoms with Crippen molar-refractivity contribution in [3.8, 4) is 0 Å². The Hall–Kier alpha value is -1.20. The number of rotatable bonds is 5. The summed E-state index contributed by atoms with van der Waals surface area (Å²) < 4.78 is 5.28. The van der Waals surface area contributed by atoms with Gasteiger partial charge in [-0.05, 0) is 13.1 Å². The van der Waals surface area contributed by atoms with Crippen molar-refractivity contribution in [2.45, 2.75) is 33.3 Å². The van der Waals surface area contributed by atoms with E-state index in [0.717, 1.165) is 44.0 Å². The average Bonchev–Trinajstić information content (AvgIpc) is 2.40. The maximum absolute atomic E-state index is 11.9. The van der Waals surface area contributed by atoms with Gasteiger partial charge in [0.1, 0.15) is 5.82 Å². The highest BCUT2D eigenvalue weighted by atomic mass is 16.5. The number of nitrogens with zero attached hydrogens (tertiary/aromatic N) is 2. The first-order chi connectivity index (χ1) is 8.74. The van der Waals surface area contributed by atoms with Crippen LogP contribution in [-0.2, 0) is 24.2 Å². The molecule has 1 aromatic rings. The van der Waals surface area contributed by atoms with Gasteiger partial charge in [0, 0.05) is 19.4 Å². The Kier molecular flexibility index (Phi) is 4.49. The first-order valence-corrected chi connectivity index (χ1v) is 6.65. The summed E-state index contributed by atoms with van der Waals surface area (Å²) in [5, 5.41) is 0. The van der Waals surface area contributed by atoms with Gasteiger partial charge in [0.15, 0.2) is 0 Å². The van der Waals surface area contributed by atoms with E-state index in [1.807, 2.05) is 0 Å². The van der Waals surface area contributed by atoms with Gasteiger partial charge in [0.05, 0.1) is 24.5 Å². The SMILES string of the molecule is CCN(CC)CCc1nc2c(c(=O)[nH]1)COCC2. The first-order valence-electron chi connectivity index (χ1n) is 6.65. The predicted octanol–water partition coefficient (Wildman–Crippen LogP) is 0.727. The third kappa shape index (κ3) is 2.97. The molecule has 0 amide bonds. The van der Waals surface area contributed by atoms with Crippen molar-refractivity contribution in [2.24, 2.45) is 0 Å². The third-order valence-corrected chi connectivity index (χ3v) is 3.44. The number of aromatic amines is 1. The van der Waals surface area contributed by atoms with Gasteiger partial charge in [-0.25, -0.2) is 4.98 Å².